The number of aliphatic carboxylic acids is 1. The maximum Gasteiger partial charge on any atom is 0.331 e. The van der Waals surface area contributed by atoms with E-state index in [0.717, 1.165) is 19.3 Å². The van der Waals surface area contributed by atoms with Crippen molar-refractivity contribution in [2.75, 3.05) is 0 Å². The Bertz CT molecular complexity index is 348. The van der Waals surface area contributed by atoms with E-state index in [1.807, 2.05) is 0 Å². The zero-order valence-corrected chi connectivity index (χ0v) is 10.2. The smallest absolute Gasteiger partial charge is 0.331 e. The summed E-state index contributed by atoms with van der Waals surface area (Å²) in [5.74, 6) is -1.50. The van der Waals surface area contributed by atoms with Crippen LogP contribution < -0.4 is 5.32 Å². The Hall–Kier alpha value is -1.36. The molecule has 0 spiro atoms. The van der Waals surface area contributed by atoms with E-state index in [0.29, 0.717) is 6.42 Å². The highest BCUT2D eigenvalue weighted by Gasteiger charge is 2.25. The molecule has 0 radical (unpaired) electrons. The first-order valence-corrected chi connectivity index (χ1v) is 5.83. The Morgan fingerprint density at radius 2 is 1.71 bits per heavy atom. The first kappa shape index (κ1) is 13.7. The Labute approximate surface area is 101 Å². The summed E-state index contributed by atoms with van der Waals surface area (Å²) in [6, 6.07) is -0.257. The molecule has 1 saturated carbocycles. The maximum absolute atomic E-state index is 11.8. The van der Waals surface area contributed by atoms with Crippen molar-refractivity contribution < 1.29 is 19.8 Å². The zero-order chi connectivity index (χ0) is 13.0. The molecule has 17 heavy (non-hydrogen) atoms. The van der Waals surface area contributed by atoms with Gasteiger partial charge in [0.2, 0.25) is 5.91 Å². The average Bonchev–Trinajstić information content (AvgIpc) is 2.30. The minimum absolute atomic E-state index is 0.0350. The summed E-state index contributed by atoms with van der Waals surface area (Å²) in [6.07, 6.45) is 2.85. The summed E-state index contributed by atoms with van der Waals surface area (Å²) in [6.45, 7) is 2.88. The Kier molecular flexibility index (Phi) is 4.69. The van der Waals surface area contributed by atoms with Crippen molar-refractivity contribution in [3.8, 4) is 0 Å². The molecule has 0 aromatic heterocycles. The highest BCUT2D eigenvalue weighted by molar-refractivity contribution is 6.01. The fourth-order valence-electron chi connectivity index (χ4n) is 1.89. The normalized spacial score (nSPS) is 26.1. The van der Waals surface area contributed by atoms with Crippen LogP contribution >= 0.6 is 0 Å². The van der Waals surface area contributed by atoms with Crippen molar-refractivity contribution in [2.24, 2.45) is 0 Å². The van der Waals surface area contributed by atoms with Crippen LogP contribution in [0, 0.1) is 0 Å². The molecule has 1 aliphatic rings. The van der Waals surface area contributed by atoms with Crippen LogP contribution in [-0.4, -0.2) is 34.2 Å². The monoisotopic (exact) mass is 241 g/mol. The summed E-state index contributed by atoms with van der Waals surface area (Å²) in [4.78, 5) is 22.5. The molecule has 0 aliphatic heterocycles. The molecule has 0 aromatic carbocycles. The van der Waals surface area contributed by atoms with E-state index in [4.69, 9.17) is 5.11 Å². The van der Waals surface area contributed by atoms with Gasteiger partial charge >= 0.3 is 5.97 Å². The molecular weight excluding hydrogens is 222 g/mol. The van der Waals surface area contributed by atoms with Crippen molar-refractivity contribution in [3.05, 3.63) is 11.1 Å². The van der Waals surface area contributed by atoms with Crippen LogP contribution in [-0.2, 0) is 9.59 Å². The molecule has 5 heteroatoms. The topological polar surface area (TPSA) is 86.6 Å². The molecule has 3 N–H and O–H groups in total. The molecule has 1 aliphatic carbocycles. The third kappa shape index (κ3) is 3.56. The Morgan fingerprint density at radius 1 is 1.12 bits per heavy atom. The van der Waals surface area contributed by atoms with Gasteiger partial charge in [0.25, 0.3) is 0 Å². The number of carboxylic acid groups (broad SMARTS) is 1. The lowest BCUT2D eigenvalue weighted by molar-refractivity contribution is -0.133. The van der Waals surface area contributed by atoms with Crippen LogP contribution in [0.3, 0.4) is 0 Å². The van der Waals surface area contributed by atoms with Gasteiger partial charge in [0.05, 0.1) is 12.1 Å². The number of aliphatic hydroxyl groups excluding tert-OH is 1. The molecule has 2 atom stereocenters. The Morgan fingerprint density at radius 3 is 2.24 bits per heavy atom. The third-order valence-corrected chi connectivity index (χ3v) is 3.27. The molecule has 1 rings (SSSR count). The van der Waals surface area contributed by atoms with E-state index in [1.165, 1.54) is 13.8 Å². The first-order chi connectivity index (χ1) is 7.93. The molecule has 5 nitrogen and oxygen atoms in total. The van der Waals surface area contributed by atoms with Crippen LogP contribution in [0.25, 0.3) is 0 Å². The van der Waals surface area contributed by atoms with Gasteiger partial charge in [-0.3, -0.25) is 4.79 Å². The summed E-state index contributed by atoms with van der Waals surface area (Å²) in [5.41, 5.74) is 0.225. The minimum Gasteiger partial charge on any atom is -0.478 e. The van der Waals surface area contributed by atoms with Crippen molar-refractivity contribution in [3.63, 3.8) is 0 Å². The first-order valence-electron chi connectivity index (χ1n) is 5.83. The van der Waals surface area contributed by atoms with Crippen LogP contribution in [0.2, 0.25) is 0 Å². The summed E-state index contributed by atoms with van der Waals surface area (Å²) < 4.78 is 0. The zero-order valence-electron chi connectivity index (χ0n) is 10.2. The van der Waals surface area contributed by atoms with Crippen molar-refractivity contribution in [1.29, 1.82) is 0 Å². The van der Waals surface area contributed by atoms with Crippen LogP contribution in [0.5, 0.6) is 0 Å². The van der Waals surface area contributed by atoms with Gasteiger partial charge in [-0.2, -0.15) is 0 Å². The van der Waals surface area contributed by atoms with E-state index in [2.05, 4.69) is 5.32 Å². The standard InChI is InChI=1S/C12H19NO4/c1-7(8(2)12(16)17)11(15)13-9-5-3-4-6-10(9)14/h9-10,14H,3-6H2,1-2H3,(H,13,15)(H,16,17)/t9-,10-/m1/s1. The number of amides is 1. The summed E-state index contributed by atoms with van der Waals surface area (Å²) in [5, 5.41) is 21.2. The maximum atomic E-state index is 11.8. The summed E-state index contributed by atoms with van der Waals surface area (Å²) >= 11 is 0. The molecule has 0 saturated heterocycles. The molecule has 96 valence electrons. The van der Waals surface area contributed by atoms with Gasteiger partial charge in [0, 0.05) is 11.1 Å². The quantitative estimate of drug-likeness (QED) is 0.639. The van der Waals surface area contributed by atoms with Gasteiger partial charge in [0.15, 0.2) is 0 Å². The highest BCUT2D eigenvalue weighted by atomic mass is 16.4. The molecule has 0 heterocycles. The number of hydrogen-bond acceptors (Lipinski definition) is 3. The predicted octanol–water partition coefficient (Wildman–Crippen LogP) is 0.827. The Balaban J connectivity index is 2.65. The highest BCUT2D eigenvalue weighted by Crippen LogP contribution is 2.18. The van der Waals surface area contributed by atoms with Crippen LogP contribution in [0.15, 0.2) is 11.1 Å². The van der Waals surface area contributed by atoms with E-state index in [-0.39, 0.29) is 17.2 Å². The molecule has 1 amide bonds. The van der Waals surface area contributed by atoms with Crippen LogP contribution in [0.1, 0.15) is 39.5 Å². The number of carbonyl (C=O) groups excluding carboxylic acids is 1. The number of carboxylic acids is 1. The predicted molar refractivity (Wildman–Crippen MR) is 62.4 cm³/mol. The number of nitrogens with one attached hydrogen (secondary N) is 1. The van der Waals surface area contributed by atoms with Crippen LogP contribution in [0.4, 0.5) is 0 Å². The van der Waals surface area contributed by atoms with E-state index >= 15 is 0 Å². The second-order valence-corrected chi connectivity index (χ2v) is 4.49. The van der Waals surface area contributed by atoms with Gasteiger partial charge < -0.3 is 15.5 Å². The van der Waals surface area contributed by atoms with Gasteiger partial charge in [-0.05, 0) is 26.7 Å². The van der Waals surface area contributed by atoms with Gasteiger partial charge in [-0.1, -0.05) is 12.8 Å². The third-order valence-electron chi connectivity index (χ3n) is 3.27. The fraction of sp³-hybridized carbons (Fsp3) is 0.667. The molecule has 0 bridgehead atoms. The second-order valence-electron chi connectivity index (χ2n) is 4.49. The number of aliphatic hydroxyl groups is 1. The summed E-state index contributed by atoms with van der Waals surface area (Å²) in [7, 11) is 0. The lowest BCUT2D eigenvalue weighted by atomic mass is 9.92. The lowest BCUT2D eigenvalue weighted by Crippen LogP contribution is -2.45. The largest absolute Gasteiger partial charge is 0.478 e. The molecule has 0 aromatic rings. The molecule has 0 unspecified atom stereocenters. The SMILES string of the molecule is CC(C(=O)O)=C(C)C(=O)N[C@@H]1CCCC[C@H]1O. The van der Waals surface area contributed by atoms with Gasteiger partial charge in [-0.15, -0.1) is 0 Å². The van der Waals surface area contributed by atoms with Crippen molar-refractivity contribution in [2.45, 2.75) is 51.7 Å². The average molecular weight is 241 g/mol. The number of rotatable bonds is 3. The minimum atomic E-state index is -1.10. The lowest BCUT2D eigenvalue weighted by Gasteiger charge is -2.28. The second kappa shape index (κ2) is 5.82. The van der Waals surface area contributed by atoms with Gasteiger partial charge in [-0.25, -0.2) is 4.79 Å². The van der Waals surface area contributed by atoms with E-state index in [1.54, 1.807) is 0 Å². The van der Waals surface area contributed by atoms with E-state index in [9.17, 15) is 14.7 Å². The van der Waals surface area contributed by atoms with Crippen molar-refractivity contribution >= 4 is 11.9 Å². The van der Waals surface area contributed by atoms with E-state index < -0.39 is 18.0 Å². The van der Waals surface area contributed by atoms with Gasteiger partial charge in [0.1, 0.15) is 0 Å². The molecule has 1 fully saturated rings. The number of hydrogen-bond donors (Lipinski definition) is 3. The number of carbonyl (C=O) groups is 2. The van der Waals surface area contributed by atoms with Crippen molar-refractivity contribution in [1.82, 2.24) is 5.32 Å². The fourth-order valence-corrected chi connectivity index (χ4v) is 1.89. The molecular formula is C12H19NO4.